The molecule has 1 heterocycles. The molecule has 3 rings (SSSR count). The van der Waals surface area contributed by atoms with Crippen molar-refractivity contribution in [3.63, 3.8) is 0 Å². The predicted octanol–water partition coefficient (Wildman–Crippen LogP) is 2.52. The smallest absolute Gasteiger partial charge is 0.00757 e. The van der Waals surface area contributed by atoms with E-state index in [2.05, 4.69) is 25.7 Å². The van der Waals surface area contributed by atoms with Crippen molar-refractivity contribution >= 4 is 0 Å². The molecule has 0 bridgehead atoms. The summed E-state index contributed by atoms with van der Waals surface area (Å²) in [5.41, 5.74) is 0.800. The van der Waals surface area contributed by atoms with Gasteiger partial charge in [0.25, 0.3) is 0 Å². The van der Waals surface area contributed by atoms with Gasteiger partial charge in [0.15, 0.2) is 0 Å². The summed E-state index contributed by atoms with van der Waals surface area (Å²) >= 11 is 0. The van der Waals surface area contributed by atoms with Crippen LogP contribution in [0.5, 0.6) is 0 Å². The van der Waals surface area contributed by atoms with Gasteiger partial charge in [-0.3, -0.25) is 4.90 Å². The molecule has 1 aliphatic heterocycles. The maximum atomic E-state index is 2.72. The molecule has 0 N–H and O–H groups in total. The van der Waals surface area contributed by atoms with Crippen LogP contribution in [0.4, 0.5) is 0 Å². The topological polar surface area (TPSA) is 3.24 Å². The van der Waals surface area contributed by atoms with Gasteiger partial charge in [0, 0.05) is 18.6 Å². The van der Waals surface area contributed by atoms with E-state index in [1.807, 2.05) is 0 Å². The minimum atomic E-state index is 0.757. The van der Waals surface area contributed by atoms with Gasteiger partial charge in [-0.25, -0.2) is 0 Å². The summed E-state index contributed by atoms with van der Waals surface area (Å²) in [7, 11) is 0. The molecule has 0 aromatic heterocycles. The van der Waals surface area contributed by atoms with E-state index in [0.717, 1.165) is 23.4 Å². The second kappa shape index (κ2) is 2.31. The highest BCUT2D eigenvalue weighted by Gasteiger charge is 2.66. The highest BCUT2D eigenvalue weighted by atomic mass is 15.2. The summed E-state index contributed by atoms with van der Waals surface area (Å²) < 4.78 is 0. The first-order valence-electron chi connectivity index (χ1n) is 5.88. The molecule has 1 heteroatoms. The lowest BCUT2D eigenvalue weighted by molar-refractivity contribution is 0.110. The largest absolute Gasteiger partial charge is 0.298 e. The van der Waals surface area contributed by atoms with Gasteiger partial charge in [0.1, 0.15) is 0 Å². The summed E-state index contributed by atoms with van der Waals surface area (Å²) in [5.74, 6) is 2.32. The number of rotatable bonds is 1. The summed E-state index contributed by atoms with van der Waals surface area (Å²) in [5, 5.41) is 0. The average Bonchev–Trinajstić information content (AvgIpc) is 2.57. The maximum absolute atomic E-state index is 2.72. The number of hydrogen-bond donors (Lipinski definition) is 0. The zero-order valence-corrected chi connectivity index (χ0v) is 9.09. The zero-order chi connectivity index (χ0) is 9.22. The second-order valence-electron chi connectivity index (χ2n) is 5.99. The number of fused-ring (bicyclic) bond motifs is 2. The lowest BCUT2D eigenvalue weighted by atomic mass is 9.67. The van der Waals surface area contributed by atoms with Gasteiger partial charge in [-0.2, -0.15) is 0 Å². The van der Waals surface area contributed by atoms with Crippen molar-refractivity contribution in [3.05, 3.63) is 0 Å². The Kier molecular flexibility index (Phi) is 1.47. The minimum absolute atomic E-state index is 0.757. The van der Waals surface area contributed by atoms with Crippen LogP contribution in [0.25, 0.3) is 0 Å². The van der Waals surface area contributed by atoms with Crippen molar-refractivity contribution in [2.24, 2.45) is 17.3 Å². The van der Waals surface area contributed by atoms with E-state index in [1.54, 1.807) is 12.8 Å². The van der Waals surface area contributed by atoms with Gasteiger partial charge < -0.3 is 0 Å². The molecule has 0 aromatic carbocycles. The van der Waals surface area contributed by atoms with Crippen LogP contribution in [0.15, 0.2) is 0 Å². The number of nitrogens with zero attached hydrogens (tertiary/aromatic N) is 1. The van der Waals surface area contributed by atoms with Crippen molar-refractivity contribution in [3.8, 4) is 0 Å². The Morgan fingerprint density at radius 2 is 2.08 bits per heavy atom. The SMILES string of the molecule is CC(C)N1CC2(CC3CC32)CC1C. The molecule has 3 fully saturated rings. The Morgan fingerprint density at radius 3 is 2.46 bits per heavy atom. The fourth-order valence-electron chi connectivity index (χ4n) is 4.13. The van der Waals surface area contributed by atoms with E-state index < -0.39 is 0 Å². The fraction of sp³-hybridized carbons (Fsp3) is 1.00. The highest BCUT2D eigenvalue weighted by Crippen LogP contribution is 2.71. The zero-order valence-electron chi connectivity index (χ0n) is 9.09. The molecule has 4 unspecified atom stereocenters. The van der Waals surface area contributed by atoms with E-state index in [0.29, 0.717) is 0 Å². The summed E-state index contributed by atoms with van der Waals surface area (Å²) in [6.45, 7) is 8.52. The first kappa shape index (κ1) is 8.28. The van der Waals surface area contributed by atoms with Crippen LogP contribution in [0.3, 0.4) is 0 Å². The first-order chi connectivity index (χ1) is 6.12. The third-order valence-electron chi connectivity index (χ3n) is 4.81. The molecule has 2 aliphatic carbocycles. The summed E-state index contributed by atoms with van der Waals surface area (Å²) in [6, 6.07) is 1.61. The Hall–Kier alpha value is -0.0400. The Morgan fingerprint density at radius 1 is 1.31 bits per heavy atom. The van der Waals surface area contributed by atoms with E-state index in [9.17, 15) is 0 Å². The molecule has 0 radical (unpaired) electrons. The summed E-state index contributed by atoms with van der Waals surface area (Å²) in [6.07, 6.45) is 4.62. The van der Waals surface area contributed by atoms with Crippen LogP contribution in [0.1, 0.15) is 40.0 Å². The van der Waals surface area contributed by atoms with E-state index in [4.69, 9.17) is 0 Å². The quantitative estimate of drug-likeness (QED) is 0.598. The van der Waals surface area contributed by atoms with Gasteiger partial charge in [-0.05, 0) is 57.3 Å². The average molecular weight is 179 g/mol. The molecule has 1 nitrogen and oxygen atoms in total. The lowest BCUT2D eigenvalue weighted by Crippen LogP contribution is -2.38. The molecular weight excluding hydrogens is 158 g/mol. The molecule has 13 heavy (non-hydrogen) atoms. The van der Waals surface area contributed by atoms with E-state index in [1.165, 1.54) is 18.9 Å². The minimum Gasteiger partial charge on any atom is -0.298 e. The first-order valence-corrected chi connectivity index (χ1v) is 5.88. The van der Waals surface area contributed by atoms with Crippen molar-refractivity contribution < 1.29 is 0 Å². The van der Waals surface area contributed by atoms with Gasteiger partial charge in [-0.15, -0.1) is 0 Å². The van der Waals surface area contributed by atoms with Gasteiger partial charge >= 0.3 is 0 Å². The molecule has 4 atom stereocenters. The Balaban J connectivity index is 1.75. The maximum Gasteiger partial charge on any atom is 0.00757 e. The Bertz CT molecular complexity index is 235. The molecule has 2 saturated carbocycles. The second-order valence-corrected chi connectivity index (χ2v) is 5.99. The molecule has 1 saturated heterocycles. The molecule has 3 aliphatic rings. The highest BCUT2D eigenvalue weighted by molar-refractivity contribution is 5.16. The molecule has 74 valence electrons. The fourth-order valence-corrected chi connectivity index (χ4v) is 4.13. The third-order valence-corrected chi connectivity index (χ3v) is 4.81. The monoisotopic (exact) mass is 179 g/mol. The van der Waals surface area contributed by atoms with Crippen LogP contribution >= 0.6 is 0 Å². The van der Waals surface area contributed by atoms with Crippen LogP contribution in [0, 0.1) is 17.3 Å². The van der Waals surface area contributed by atoms with E-state index in [-0.39, 0.29) is 0 Å². The molecular formula is C12H21N. The molecule has 0 amide bonds. The van der Waals surface area contributed by atoms with Gasteiger partial charge in [0.2, 0.25) is 0 Å². The normalized spacial score (nSPS) is 54.0. The number of hydrogen-bond acceptors (Lipinski definition) is 1. The lowest BCUT2D eigenvalue weighted by Gasteiger charge is -2.38. The van der Waals surface area contributed by atoms with Crippen molar-refractivity contribution in [2.45, 2.75) is 52.1 Å². The van der Waals surface area contributed by atoms with Crippen LogP contribution in [-0.4, -0.2) is 23.5 Å². The van der Waals surface area contributed by atoms with Gasteiger partial charge in [-0.1, -0.05) is 0 Å². The number of likely N-dealkylation sites (tertiary alicyclic amines) is 1. The Labute approximate surface area is 81.5 Å². The standard InChI is InChI=1S/C12H21N/c1-8(2)13-7-12(5-9(13)3)6-10-4-11(10)12/h8-11H,4-7H2,1-3H3. The van der Waals surface area contributed by atoms with E-state index >= 15 is 0 Å². The van der Waals surface area contributed by atoms with Crippen molar-refractivity contribution in [1.82, 2.24) is 4.90 Å². The predicted molar refractivity (Wildman–Crippen MR) is 54.6 cm³/mol. The van der Waals surface area contributed by atoms with Crippen LogP contribution < -0.4 is 0 Å². The van der Waals surface area contributed by atoms with Gasteiger partial charge in [0.05, 0.1) is 0 Å². The van der Waals surface area contributed by atoms with Crippen LogP contribution in [-0.2, 0) is 0 Å². The van der Waals surface area contributed by atoms with Crippen molar-refractivity contribution in [2.75, 3.05) is 6.54 Å². The molecule has 1 spiro atoms. The van der Waals surface area contributed by atoms with Crippen molar-refractivity contribution in [1.29, 1.82) is 0 Å². The molecule has 0 aromatic rings. The summed E-state index contributed by atoms with van der Waals surface area (Å²) in [4.78, 5) is 2.72. The third kappa shape index (κ3) is 0.971. The van der Waals surface area contributed by atoms with Crippen LogP contribution in [0.2, 0.25) is 0 Å².